The van der Waals surface area contributed by atoms with E-state index in [9.17, 15) is 0 Å². The van der Waals surface area contributed by atoms with Crippen molar-refractivity contribution in [3.63, 3.8) is 0 Å². The molecule has 0 atom stereocenters. The molecule has 9 nitrogen and oxygen atoms in total. The summed E-state index contributed by atoms with van der Waals surface area (Å²) in [6, 6.07) is 0. The SMILES string of the molecule is [Ce+3].[NH4+].[O]=[Mo](=[O])([O-])[O-].[O]=[Mo](=[O])([O-])[O-]. The van der Waals surface area contributed by atoms with Crippen LogP contribution in [0.25, 0.3) is 0 Å². The number of hydrogen-bond donors (Lipinski definition) is 1. The van der Waals surface area contributed by atoms with Gasteiger partial charge >= 0.3 is 104 Å². The van der Waals surface area contributed by atoms with Gasteiger partial charge in [-0.3, -0.25) is 0 Å². The summed E-state index contributed by atoms with van der Waals surface area (Å²) >= 11 is -12.0. The molecule has 73 valence electrons. The summed E-state index contributed by atoms with van der Waals surface area (Å²) in [6.45, 7) is 0. The van der Waals surface area contributed by atoms with Crippen molar-refractivity contribution >= 4 is 0 Å². The third-order valence-corrected chi connectivity index (χ3v) is 0. The van der Waals surface area contributed by atoms with Crippen molar-refractivity contribution in [2.75, 3.05) is 0 Å². The standard InChI is InChI=1S/Ce.2Mo.H3N.8O/h;;;1H3;;;;;;;;/q+3;;;;;;;;4*-1/p+1. The van der Waals surface area contributed by atoms with E-state index in [4.69, 9.17) is 28.6 Å². The molecule has 0 saturated carbocycles. The summed E-state index contributed by atoms with van der Waals surface area (Å²) in [5, 5.41) is 0. The zero-order chi connectivity index (χ0) is 9.00. The van der Waals surface area contributed by atoms with Crippen molar-refractivity contribution in [2.45, 2.75) is 0 Å². The molecular weight excluding hydrogens is 474 g/mol. The fourth-order valence-corrected chi connectivity index (χ4v) is 0. The summed E-state index contributed by atoms with van der Waals surface area (Å²) in [5.41, 5.74) is 0. The number of rotatable bonds is 0. The first-order valence-corrected chi connectivity index (χ1v) is 7.89. The quantitative estimate of drug-likeness (QED) is 0.335. The van der Waals surface area contributed by atoms with Gasteiger partial charge in [0.15, 0.2) is 0 Å². The van der Waals surface area contributed by atoms with Gasteiger partial charge in [-0.25, -0.2) is 0 Å². The molecule has 0 heterocycles. The van der Waals surface area contributed by atoms with Crippen LogP contribution in [-0.4, -0.2) is 0 Å². The predicted molar refractivity (Wildman–Crippen MR) is 8.73 cm³/mol. The third kappa shape index (κ3) is 442. The van der Waals surface area contributed by atoms with Crippen LogP contribution in [0.5, 0.6) is 0 Å². The Balaban J connectivity index is -0.0000000457. The van der Waals surface area contributed by atoms with Crippen LogP contribution in [0.2, 0.25) is 0 Å². The van der Waals surface area contributed by atoms with Crippen LogP contribution in [0.15, 0.2) is 0 Å². The Morgan fingerprint density at radius 1 is 0.667 bits per heavy atom. The van der Waals surface area contributed by atoms with Gasteiger partial charge in [-0.05, 0) is 0 Å². The fraction of sp³-hybridized carbons (Fsp3) is 0. The average molecular weight is 478 g/mol. The number of hydrogen-bond acceptors (Lipinski definition) is 8. The molecule has 4 N–H and O–H groups in total. The average Bonchev–Trinajstić information content (AvgIpc) is 1.12. The zero-order valence-corrected chi connectivity index (χ0v) is 12.7. The van der Waals surface area contributed by atoms with E-state index in [2.05, 4.69) is 0 Å². The number of quaternary nitrogens is 1. The first-order chi connectivity index (χ1) is 4.00. The molecule has 0 amide bonds. The van der Waals surface area contributed by atoms with E-state index in [0.717, 1.165) is 0 Å². The second-order valence-electron chi connectivity index (χ2n) is 0.816. The van der Waals surface area contributed by atoms with Crippen molar-refractivity contribution < 1.29 is 104 Å². The van der Waals surface area contributed by atoms with Gasteiger partial charge in [0.2, 0.25) is 0 Å². The van der Waals surface area contributed by atoms with E-state index in [0.29, 0.717) is 0 Å². The topological polar surface area (TPSA) is 197 Å². The van der Waals surface area contributed by atoms with Crippen molar-refractivity contribution in [2.24, 2.45) is 0 Å². The monoisotopic (exact) mass is 482 g/mol. The van der Waals surface area contributed by atoms with Crippen molar-refractivity contribution in [3.8, 4) is 0 Å². The van der Waals surface area contributed by atoms with E-state index in [-0.39, 0.29) is 47.9 Å². The molecule has 0 spiro atoms. The molecule has 12 heteroatoms. The van der Waals surface area contributed by atoms with Gasteiger partial charge in [0, 0.05) is 0 Å². The Hall–Kier alpha value is 1.75. The van der Waals surface area contributed by atoms with E-state index >= 15 is 0 Å². The minimum absolute atomic E-state index is 0. The van der Waals surface area contributed by atoms with Crippen molar-refractivity contribution in [3.05, 3.63) is 0 Å². The fourth-order valence-electron chi connectivity index (χ4n) is 0. The van der Waals surface area contributed by atoms with Crippen molar-refractivity contribution in [1.29, 1.82) is 0 Å². The van der Waals surface area contributed by atoms with Crippen LogP contribution in [0.1, 0.15) is 0 Å². The Morgan fingerprint density at radius 3 is 0.667 bits per heavy atom. The van der Waals surface area contributed by atoms with E-state index in [1.807, 2.05) is 0 Å². The zero-order valence-electron chi connectivity index (χ0n) is 5.58. The second kappa shape index (κ2) is 9.31. The first-order valence-electron chi connectivity index (χ1n) is 1.33. The molecule has 0 aromatic heterocycles. The Labute approximate surface area is 108 Å². The molecule has 0 fully saturated rings. The van der Waals surface area contributed by atoms with Gasteiger partial charge in [-0.15, -0.1) is 0 Å². The first kappa shape index (κ1) is 23.5. The van der Waals surface area contributed by atoms with Crippen LogP contribution in [0.3, 0.4) is 0 Å². The molecule has 1 radical (unpaired) electrons. The summed E-state index contributed by atoms with van der Waals surface area (Å²) in [5.74, 6) is 0. The molecule has 0 aromatic rings. The maximum absolute atomic E-state index is 8.63. The summed E-state index contributed by atoms with van der Waals surface area (Å²) in [4.78, 5) is 0. The van der Waals surface area contributed by atoms with Gasteiger partial charge < -0.3 is 6.15 Å². The van der Waals surface area contributed by atoms with Crippen LogP contribution < -0.4 is 21.2 Å². The molecule has 0 aliphatic carbocycles. The molecule has 0 unspecified atom stereocenters. The van der Waals surface area contributed by atoms with Gasteiger partial charge in [0.1, 0.15) is 0 Å². The maximum atomic E-state index is 8.63. The predicted octanol–water partition coefficient (Wildman–Crippen LogP) is -4.86. The van der Waals surface area contributed by atoms with Gasteiger partial charge in [-0.1, -0.05) is 0 Å². The van der Waals surface area contributed by atoms with E-state index in [1.165, 1.54) is 0 Å². The molecule has 0 rings (SSSR count). The second-order valence-corrected chi connectivity index (χ2v) is 4.83. The molecular formula is H4CeMo2NO8. The van der Waals surface area contributed by atoms with E-state index < -0.39 is 33.5 Å². The molecule has 12 heavy (non-hydrogen) atoms. The van der Waals surface area contributed by atoms with Gasteiger partial charge in [-0.2, -0.15) is 0 Å². The summed E-state index contributed by atoms with van der Waals surface area (Å²) in [6.07, 6.45) is 0. The van der Waals surface area contributed by atoms with Crippen LogP contribution in [0.4, 0.5) is 0 Å². The van der Waals surface area contributed by atoms with E-state index in [1.54, 1.807) is 0 Å². The van der Waals surface area contributed by atoms with Crippen LogP contribution in [0, 0.1) is 41.7 Å². The molecule has 0 aromatic carbocycles. The molecule has 0 bridgehead atoms. The van der Waals surface area contributed by atoms with Crippen LogP contribution >= 0.6 is 0 Å². The van der Waals surface area contributed by atoms with Gasteiger partial charge in [0.25, 0.3) is 0 Å². The third-order valence-electron chi connectivity index (χ3n) is 0. The minimum atomic E-state index is -6.02. The molecule has 0 aliphatic rings. The van der Waals surface area contributed by atoms with Gasteiger partial charge in [0.05, 0.1) is 0 Å². The Bertz CT molecular complexity index is 213. The Morgan fingerprint density at radius 2 is 0.667 bits per heavy atom. The summed E-state index contributed by atoms with van der Waals surface area (Å²) in [7, 11) is 0. The summed E-state index contributed by atoms with van der Waals surface area (Å²) < 4.78 is 69.0. The van der Waals surface area contributed by atoms with Crippen molar-refractivity contribution in [1.82, 2.24) is 6.15 Å². The Kier molecular flexibility index (Phi) is 18.3. The molecule has 0 saturated heterocycles. The van der Waals surface area contributed by atoms with Crippen LogP contribution in [-0.2, 0) is 47.1 Å². The molecule has 0 aliphatic heterocycles. The normalized spacial score (nSPS) is 9.67.